The maximum Gasteiger partial charge on any atom is 0.451 e. The van der Waals surface area contributed by atoms with Crippen molar-refractivity contribution in [3.63, 3.8) is 0 Å². The first kappa shape index (κ1) is 23.6. The van der Waals surface area contributed by atoms with Crippen molar-refractivity contribution in [2.75, 3.05) is 11.4 Å². The van der Waals surface area contributed by atoms with Crippen LogP contribution < -0.4 is 4.90 Å². The highest BCUT2D eigenvalue weighted by Gasteiger charge is 2.44. The lowest BCUT2D eigenvalue weighted by atomic mass is 9.89. The number of hydrogen-bond donors (Lipinski definition) is 2. The summed E-state index contributed by atoms with van der Waals surface area (Å²) >= 11 is 6.10. The number of rotatable bonds is 3. The van der Waals surface area contributed by atoms with E-state index in [9.17, 15) is 31.4 Å². The normalized spacial score (nSPS) is 18.2. The molecule has 0 spiro atoms. The Morgan fingerprint density at radius 3 is 2.21 bits per heavy atom. The summed E-state index contributed by atoms with van der Waals surface area (Å²) in [6, 6.07) is 4.05. The molecule has 6 nitrogen and oxygen atoms in total. The minimum atomic E-state index is -5.22. The van der Waals surface area contributed by atoms with Gasteiger partial charge >= 0.3 is 12.4 Å². The first-order chi connectivity index (χ1) is 15.3. The van der Waals surface area contributed by atoms with E-state index in [1.54, 1.807) is 32.0 Å². The monoisotopic (exact) mass is 493 g/mol. The summed E-state index contributed by atoms with van der Waals surface area (Å²) in [4.78, 5) is 13.5. The minimum Gasteiger partial charge on any atom is -0.390 e. The third kappa shape index (κ3) is 4.33. The first-order valence-electron chi connectivity index (χ1n) is 9.92. The van der Waals surface area contributed by atoms with Gasteiger partial charge in [0.2, 0.25) is 17.6 Å². The van der Waals surface area contributed by atoms with Crippen LogP contribution >= 0.6 is 11.6 Å². The zero-order chi connectivity index (χ0) is 24.3. The number of fused-ring (bicyclic) bond motifs is 3. The molecule has 0 amide bonds. The maximum atomic E-state index is 13.3. The van der Waals surface area contributed by atoms with Crippen LogP contribution in [-0.4, -0.2) is 37.7 Å². The summed E-state index contributed by atoms with van der Waals surface area (Å²) in [5.41, 5.74) is 1.91. The highest BCUT2D eigenvalue weighted by molar-refractivity contribution is 6.31. The molecule has 1 aliphatic rings. The highest BCUT2D eigenvalue weighted by Crippen LogP contribution is 2.41. The van der Waals surface area contributed by atoms with Gasteiger partial charge in [-0.2, -0.15) is 36.3 Å². The molecule has 2 N–H and O–H groups in total. The second-order valence-corrected chi connectivity index (χ2v) is 8.54. The van der Waals surface area contributed by atoms with Crippen LogP contribution in [0.2, 0.25) is 5.02 Å². The van der Waals surface area contributed by atoms with Crippen LogP contribution in [0.4, 0.5) is 32.3 Å². The molecule has 1 aliphatic heterocycles. The number of aliphatic hydroxyl groups excluding tert-OH is 1. The smallest absolute Gasteiger partial charge is 0.390 e. The molecule has 2 aromatic heterocycles. The molecule has 178 valence electrons. The van der Waals surface area contributed by atoms with E-state index in [1.807, 2.05) is 0 Å². The fourth-order valence-electron chi connectivity index (χ4n) is 3.98. The van der Waals surface area contributed by atoms with E-state index >= 15 is 0 Å². The number of nitrogens with one attached hydrogen (secondary N) is 1. The molecule has 0 fully saturated rings. The van der Waals surface area contributed by atoms with Crippen LogP contribution in [-0.2, 0) is 18.8 Å². The van der Waals surface area contributed by atoms with Crippen LogP contribution in [0.15, 0.2) is 18.2 Å². The summed E-state index contributed by atoms with van der Waals surface area (Å²) < 4.78 is 79.8. The Bertz CT molecular complexity index is 1160. The Hall–Kier alpha value is -2.60. The summed E-state index contributed by atoms with van der Waals surface area (Å²) in [7, 11) is 0. The number of hydrogen-bond acceptors (Lipinski definition) is 5. The van der Waals surface area contributed by atoms with Crippen LogP contribution in [0.1, 0.15) is 42.8 Å². The van der Waals surface area contributed by atoms with E-state index in [-0.39, 0.29) is 18.9 Å². The Morgan fingerprint density at radius 1 is 1.06 bits per heavy atom. The molecule has 2 atom stereocenters. The summed E-state index contributed by atoms with van der Waals surface area (Å²) in [6.07, 6.45) is -11.3. The second-order valence-electron chi connectivity index (χ2n) is 8.11. The molecular weight excluding hydrogens is 476 g/mol. The van der Waals surface area contributed by atoms with Gasteiger partial charge < -0.3 is 15.0 Å². The number of aliphatic hydroxyl groups is 1. The molecule has 0 radical (unpaired) electrons. The van der Waals surface area contributed by atoms with Crippen molar-refractivity contribution in [1.29, 1.82) is 0 Å². The molecule has 0 aliphatic carbocycles. The van der Waals surface area contributed by atoms with Gasteiger partial charge in [-0.15, -0.1) is 0 Å². The molecule has 0 saturated carbocycles. The lowest BCUT2D eigenvalue weighted by Crippen LogP contribution is -2.45. The minimum absolute atomic E-state index is 0.0283. The van der Waals surface area contributed by atoms with Crippen molar-refractivity contribution in [3.8, 4) is 0 Å². The quantitative estimate of drug-likeness (QED) is 0.493. The second kappa shape index (κ2) is 8.01. The molecule has 0 bridgehead atoms. The van der Waals surface area contributed by atoms with Gasteiger partial charge in [-0.3, -0.25) is 0 Å². The van der Waals surface area contributed by atoms with Gasteiger partial charge in [0.05, 0.1) is 12.1 Å². The van der Waals surface area contributed by atoms with Gasteiger partial charge in [-0.1, -0.05) is 25.4 Å². The van der Waals surface area contributed by atoms with E-state index in [0.29, 0.717) is 16.2 Å². The molecular formula is C20H18ClF6N5O. The van der Waals surface area contributed by atoms with Gasteiger partial charge in [0.15, 0.2) is 0 Å². The highest BCUT2D eigenvalue weighted by atomic mass is 35.5. The van der Waals surface area contributed by atoms with E-state index in [4.69, 9.17) is 11.6 Å². The van der Waals surface area contributed by atoms with Crippen molar-refractivity contribution >= 4 is 28.5 Å². The number of alkyl halides is 6. The Balaban J connectivity index is 1.91. The fourth-order valence-corrected chi connectivity index (χ4v) is 4.15. The number of anilines is 1. The Labute approximate surface area is 188 Å². The topological polar surface area (TPSA) is 77.9 Å². The molecule has 4 rings (SSSR count). The van der Waals surface area contributed by atoms with Gasteiger partial charge in [0, 0.05) is 28.2 Å². The van der Waals surface area contributed by atoms with Crippen molar-refractivity contribution in [1.82, 2.24) is 19.9 Å². The summed E-state index contributed by atoms with van der Waals surface area (Å²) in [6.45, 7) is 3.35. The molecule has 0 unspecified atom stereocenters. The number of aromatic nitrogens is 4. The van der Waals surface area contributed by atoms with Crippen molar-refractivity contribution < 1.29 is 31.4 Å². The number of benzene rings is 1. The Kier molecular flexibility index (Phi) is 5.72. The van der Waals surface area contributed by atoms with Gasteiger partial charge in [-0.25, -0.2) is 4.98 Å². The maximum absolute atomic E-state index is 13.3. The molecule has 13 heteroatoms. The number of aromatic amines is 1. The predicted molar refractivity (Wildman–Crippen MR) is 108 cm³/mol. The zero-order valence-corrected chi connectivity index (χ0v) is 18.0. The molecule has 1 aromatic carbocycles. The largest absolute Gasteiger partial charge is 0.451 e. The van der Waals surface area contributed by atoms with E-state index in [0.717, 1.165) is 15.8 Å². The van der Waals surface area contributed by atoms with Crippen LogP contribution in [0.5, 0.6) is 0 Å². The first-order valence-corrected chi connectivity index (χ1v) is 10.3. The number of H-pyrrole nitrogens is 1. The molecule has 33 heavy (non-hydrogen) atoms. The van der Waals surface area contributed by atoms with Crippen LogP contribution in [0.25, 0.3) is 10.9 Å². The average molecular weight is 494 g/mol. The van der Waals surface area contributed by atoms with Crippen molar-refractivity contribution in [2.45, 2.75) is 44.8 Å². The SMILES string of the molecule is CC(C)[C@@H](O)[C@@H]1c2[nH]c3ccc(Cl)cc3c2CCN1c1nc(C(F)(F)F)nc(C(F)(F)F)n1. The summed E-state index contributed by atoms with van der Waals surface area (Å²) in [5.74, 6) is -5.10. The van der Waals surface area contributed by atoms with E-state index < -0.39 is 42.1 Å². The molecule has 3 aromatic rings. The standard InChI is InChI=1S/C20H18ClF6N5O/c1-8(2)15(33)14-13-10(11-7-9(21)3-4-12(11)28-13)5-6-32(14)18-30-16(19(22,23)24)29-17(31-18)20(25,26)27/h3-4,7-8,14-15,28,33H,5-6H2,1-2H3/t14-,15+/m0/s1. The van der Waals surface area contributed by atoms with E-state index in [1.165, 1.54) is 0 Å². The average Bonchev–Trinajstić information content (AvgIpc) is 3.08. The third-order valence-electron chi connectivity index (χ3n) is 5.53. The predicted octanol–water partition coefficient (Wildman–Crippen LogP) is 5.16. The molecule has 3 heterocycles. The lowest BCUT2D eigenvalue weighted by molar-refractivity contribution is -0.155. The van der Waals surface area contributed by atoms with Gasteiger partial charge in [0.1, 0.15) is 0 Å². The number of halogens is 7. The summed E-state index contributed by atoms with van der Waals surface area (Å²) in [5, 5.41) is 12.2. The Morgan fingerprint density at radius 2 is 1.67 bits per heavy atom. The van der Waals surface area contributed by atoms with Crippen molar-refractivity contribution in [3.05, 3.63) is 46.1 Å². The number of nitrogens with zero attached hydrogens (tertiary/aromatic N) is 4. The third-order valence-corrected chi connectivity index (χ3v) is 5.76. The molecule has 0 saturated heterocycles. The fraction of sp³-hybridized carbons (Fsp3) is 0.450. The zero-order valence-electron chi connectivity index (χ0n) is 17.3. The van der Waals surface area contributed by atoms with Gasteiger partial charge in [0.25, 0.3) is 0 Å². The van der Waals surface area contributed by atoms with Crippen LogP contribution in [0.3, 0.4) is 0 Å². The van der Waals surface area contributed by atoms with Crippen molar-refractivity contribution in [2.24, 2.45) is 5.92 Å². The van der Waals surface area contributed by atoms with Crippen LogP contribution in [0, 0.1) is 5.92 Å². The van der Waals surface area contributed by atoms with E-state index in [2.05, 4.69) is 19.9 Å². The lowest BCUT2D eigenvalue weighted by Gasteiger charge is -2.39. The van der Waals surface area contributed by atoms with Gasteiger partial charge in [-0.05, 0) is 36.1 Å².